The van der Waals surface area contributed by atoms with Crippen LogP contribution in [0.25, 0.3) is 0 Å². The first kappa shape index (κ1) is 11.0. The second-order valence-electron chi connectivity index (χ2n) is 2.97. The molecule has 0 saturated heterocycles. The minimum absolute atomic E-state index is 0.160. The highest BCUT2D eigenvalue weighted by Gasteiger charge is 2.17. The predicted molar refractivity (Wildman–Crippen MR) is 55.3 cm³/mol. The van der Waals surface area contributed by atoms with Crippen LogP contribution in [0.5, 0.6) is 5.75 Å². The van der Waals surface area contributed by atoms with Crippen molar-refractivity contribution in [1.29, 1.82) is 0 Å². The van der Waals surface area contributed by atoms with Crippen molar-refractivity contribution in [2.45, 2.75) is 18.2 Å². The Hall–Kier alpha value is -1.03. The fourth-order valence-corrected chi connectivity index (χ4v) is 2.76. The summed E-state index contributed by atoms with van der Waals surface area (Å²) in [5.74, 6) is 0.578. The molecule has 0 amide bonds. The lowest BCUT2D eigenvalue weighted by Gasteiger charge is -2.07. The van der Waals surface area contributed by atoms with Crippen molar-refractivity contribution >= 4 is 9.84 Å². The monoisotopic (exact) mass is 214 g/mol. The Labute approximate surface area is 84.6 Å². The molecule has 1 rings (SSSR count). The van der Waals surface area contributed by atoms with Crippen LogP contribution in [0.15, 0.2) is 29.2 Å². The normalized spacial score (nSPS) is 11.3. The molecule has 0 atom stereocenters. The minimum atomic E-state index is -3.18. The minimum Gasteiger partial charge on any atom is -0.495 e. The SMILES string of the molecule is CCCS(=O)(=O)c1ccccc1OC. The van der Waals surface area contributed by atoms with Crippen molar-refractivity contribution < 1.29 is 13.2 Å². The summed E-state index contributed by atoms with van der Waals surface area (Å²) in [5, 5.41) is 0. The Kier molecular flexibility index (Phi) is 3.52. The van der Waals surface area contributed by atoms with Gasteiger partial charge in [0.15, 0.2) is 9.84 Å². The van der Waals surface area contributed by atoms with E-state index >= 15 is 0 Å². The Bertz CT molecular complexity index is 396. The van der Waals surface area contributed by atoms with Crippen molar-refractivity contribution in [3.05, 3.63) is 24.3 Å². The van der Waals surface area contributed by atoms with Gasteiger partial charge in [-0.3, -0.25) is 0 Å². The highest BCUT2D eigenvalue weighted by molar-refractivity contribution is 7.91. The maximum Gasteiger partial charge on any atom is 0.182 e. The van der Waals surface area contributed by atoms with Crippen LogP contribution >= 0.6 is 0 Å². The summed E-state index contributed by atoms with van der Waals surface area (Å²) in [5.41, 5.74) is 0. The zero-order valence-electron chi connectivity index (χ0n) is 8.36. The molecule has 0 spiro atoms. The summed E-state index contributed by atoms with van der Waals surface area (Å²) >= 11 is 0. The molecule has 1 aromatic rings. The van der Waals surface area contributed by atoms with Gasteiger partial charge >= 0.3 is 0 Å². The van der Waals surface area contributed by atoms with E-state index in [2.05, 4.69) is 0 Å². The zero-order chi connectivity index (χ0) is 10.6. The van der Waals surface area contributed by atoms with E-state index in [1.807, 2.05) is 6.92 Å². The molecule has 3 nitrogen and oxygen atoms in total. The molecular weight excluding hydrogens is 200 g/mol. The first-order chi connectivity index (χ1) is 6.61. The quantitative estimate of drug-likeness (QED) is 0.768. The number of methoxy groups -OCH3 is 1. The molecule has 0 saturated carbocycles. The van der Waals surface area contributed by atoms with E-state index < -0.39 is 9.84 Å². The van der Waals surface area contributed by atoms with Gasteiger partial charge in [-0.25, -0.2) is 8.42 Å². The summed E-state index contributed by atoms with van der Waals surface area (Å²) in [6.45, 7) is 1.84. The lowest BCUT2D eigenvalue weighted by atomic mass is 10.3. The summed E-state index contributed by atoms with van der Waals surface area (Å²) in [6.07, 6.45) is 0.611. The molecule has 4 heteroatoms. The summed E-state index contributed by atoms with van der Waals surface area (Å²) in [6, 6.07) is 6.68. The smallest absolute Gasteiger partial charge is 0.182 e. The lowest BCUT2D eigenvalue weighted by molar-refractivity contribution is 0.402. The number of sulfone groups is 1. The molecule has 0 aromatic heterocycles. The third kappa shape index (κ3) is 2.26. The van der Waals surface area contributed by atoms with Gasteiger partial charge < -0.3 is 4.74 Å². The Morgan fingerprint density at radius 1 is 1.29 bits per heavy atom. The van der Waals surface area contributed by atoms with Gasteiger partial charge in [0.1, 0.15) is 10.6 Å². The zero-order valence-corrected chi connectivity index (χ0v) is 9.17. The van der Waals surface area contributed by atoms with Crippen LogP contribution in [0.2, 0.25) is 0 Å². The van der Waals surface area contributed by atoms with E-state index in [4.69, 9.17) is 4.74 Å². The summed E-state index contributed by atoms with van der Waals surface area (Å²) in [7, 11) is -1.71. The van der Waals surface area contributed by atoms with E-state index in [1.165, 1.54) is 7.11 Å². The molecule has 0 unspecified atom stereocenters. The number of para-hydroxylation sites is 1. The van der Waals surface area contributed by atoms with Crippen LogP contribution in [0.1, 0.15) is 13.3 Å². The second kappa shape index (κ2) is 4.46. The second-order valence-corrected chi connectivity index (χ2v) is 5.05. The van der Waals surface area contributed by atoms with Crippen LogP contribution < -0.4 is 4.74 Å². The Balaban J connectivity index is 3.18. The van der Waals surface area contributed by atoms with Gasteiger partial charge in [-0.05, 0) is 18.6 Å². The average Bonchev–Trinajstić information content (AvgIpc) is 2.18. The number of benzene rings is 1. The summed E-state index contributed by atoms with van der Waals surface area (Å²) < 4.78 is 28.5. The largest absolute Gasteiger partial charge is 0.495 e. The highest BCUT2D eigenvalue weighted by atomic mass is 32.2. The molecule has 0 fully saturated rings. The third-order valence-corrected chi connectivity index (χ3v) is 3.83. The molecular formula is C10H14O3S. The highest BCUT2D eigenvalue weighted by Crippen LogP contribution is 2.24. The molecule has 14 heavy (non-hydrogen) atoms. The van der Waals surface area contributed by atoms with E-state index in [0.717, 1.165) is 0 Å². The van der Waals surface area contributed by atoms with Gasteiger partial charge in [0.2, 0.25) is 0 Å². The number of rotatable bonds is 4. The Morgan fingerprint density at radius 3 is 2.50 bits per heavy atom. The molecule has 0 aliphatic heterocycles. The summed E-state index contributed by atoms with van der Waals surface area (Å²) in [4.78, 5) is 0.282. The van der Waals surface area contributed by atoms with Gasteiger partial charge in [-0.2, -0.15) is 0 Å². The topological polar surface area (TPSA) is 43.4 Å². The van der Waals surface area contributed by atoms with Crippen molar-refractivity contribution in [1.82, 2.24) is 0 Å². The van der Waals surface area contributed by atoms with Crippen molar-refractivity contribution in [3.63, 3.8) is 0 Å². The van der Waals surface area contributed by atoms with E-state index in [0.29, 0.717) is 12.2 Å². The fraction of sp³-hybridized carbons (Fsp3) is 0.400. The van der Waals surface area contributed by atoms with Crippen LogP contribution in [-0.4, -0.2) is 21.3 Å². The number of hydrogen-bond donors (Lipinski definition) is 0. The van der Waals surface area contributed by atoms with Gasteiger partial charge in [-0.1, -0.05) is 19.1 Å². The lowest BCUT2D eigenvalue weighted by Crippen LogP contribution is -2.07. The van der Waals surface area contributed by atoms with Gasteiger partial charge in [-0.15, -0.1) is 0 Å². The third-order valence-electron chi connectivity index (χ3n) is 1.88. The van der Waals surface area contributed by atoms with Crippen LogP contribution in [0, 0.1) is 0 Å². The number of hydrogen-bond acceptors (Lipinski definition) is 3. The van der Waals surface area contributed by atoms with E-state index in [-0.39, 0.29) is 10.6 Å². The molecule has 0 aliphatic rings. The average molecular weight is 214 g/mol. The van der Waals surface area contributed by atoms with Crippen molar-refractivity contribution in [2.75, 3.05) is 12.9 Å². The fourth-order valence-electron chi connectivity index (χ4n) is 1.25. The first-order valence-electron chi connectivity index (χ1n) is 4.47. The van der Waals surface area contributed by atoms with E-state index in [9.17, 15) is 8.42 Å². The van der Waals surface area contributed by atoms with Gasteiger partial charge in [0.25, 0.3) is 0 Å². The van der Waals surface area contributed by atoms with Gasteiger partial charge in [0.05, 0.1) is 12.9 Å². The van der Waals surface area contributed by atoms with Crippen molar-refractivity contribution in [2.24, 2.45) is 0 Å². The standard InChI is InChI=1S/C10H14O3S/c1-3-8-14(11,12)10-7-5-4-6-9(10)13-2/h4-7H,3,8H2,1-2H3. The molecule has 0 aliphatic carbocycles. The molecule has 78 valence electrons. The first-order valence-corrected chi connectivity index (χ1v) is 6.13. The maximum atomic E-state index is 11.7. The Morgan fingerprint density at radius 2 is 1.93 bits per heavy atom. The maximum absolute atomic E-state index is 11.7. The molecule has 0 radical (unpaired) electrons. The van der Waals surface area contributed by atoms with E-state index in [1.54, 1.807) is 24.3 Å². The van der Waals surface area contributed by atoms with Crippen molar-refractivity contribution in [3.8, 4) is 5.75 Å². The van der Waals surface area contributed by atoms with Crippen LogP contribution in [0.4, 0.5) is 0 Å². The molecule has 1 aromatic carbocycles. The van der Waals surface area contributed by atoms with Crippen LogP contribution in [-0.2, 0) is 9.84 Å². The molecule has 0 bridgehead atoms. The predicted octanol–water partition coefficient (Wildman–Crippen LogP) is 1.88. The van der Waals surface area contributed by atoms with Crippen LogP contribution in [0.3, 0.4) is 0 Å². The molecule has 0 heterocycles. The number of ether oxygens (including phenoxy) is 1. The van der Waals surface area contributed by atoms with Gasteiger partial charge in [0, 0.05) is 0 Å². The molecule has 0 N–H and O–H groups in total.